The Labute approximate surface area is 162 Å². The van der Waals surface area contributed by atoms with E-state index >= 15 is 0 Å². The maximum absolute atomic E-state index is 12.4. The topological polar surface area (TPSA) is 71.8 Å². The molecule has 3 aromatic heterocycles. The molecule has 27 heavy (non-hydrogen) atoms. The van der Waals surface area contributed by atoms with Crippen molar-refractivity contribution >= 4 is 33.3 Å². The second kappa shape index (κ2) is 7.05. The Morgan fingerprint density at radius 2 is 2.07 bits per heavy atom. The largest absolute Gasteiger partial charge is 0.351 e. The maximum Gasteiger partial charge on any atom is 0.226 e. The smallest absolute Gasteiger partial charge is 0.226 e. The fourth-order valence-electron chi connectivity index (χ4n) is 3.65. The van der Waals surface area contributed by atoms with E-state index in [4.69, 9.17) is 9.97 Å². The van der Waals surface area contributed by atoms with Gasteiger partial charge in [0, 0.05) is 30.4 Å². The van der Waals surface area contributed by atoms with Gasteiger partial charge < -0.3 is 15.2 Å². The molecule has 1 aliphatic heterocycles. The molecule has 2 aliphatic rings. The summed E-state index contributed by atoms with van der Waals surface area (Å²) in [5.74, 6) is 2.35. The molecule has 2 N–H and O–H groups in total. The summed E-state index contributed by atoms with van der Waals surface area (Å²) in [6.45, 7) is 2.05. The molecule has 0 spiro atoms. The van der Waals surface area contributed by atoms with Crippen LogP contribution in [-0.2, 0) is 0 Å². The summed E-state index contributed by atoms with van der Waals surface area (Å²) in [5, 5.41) is 9.94. The molecular weight excluding hydrogens is 358 g/mol. The molecule has 1 aliphatic carbocycles. The summed E-state index contributed by atoms with van der Waals surface area (Å²) in [6, 6.07) is 4.36. The van der Waals surface area contributed by atoms with Crippen molar-refractivity contribution in [3.8, 4) is 5.82 Å². The first-order valence-electron chi connectivity index (χ1n) is 9.70. The maximum atomic E-state index is 12.4. The van der Waals surface area contributed by atoms with Gasteiger partial charge in [0.15, 0.2) is 11.6 Å². The average Bonchev–Trinajstić information content (AvgIpc) is 3.18. The predicted molar refractivity (Wildman–Crippen MR) is 108 cm³/mol. The highest BCUT2D eigenvalue weighted by atomic mass is 32.1. The standard InChI is InChI=1S/C20H23N5OS/c26-17(11-13-1-2-13)14-5-9-25(12-14)18-16-6-10-27-19(16)24-20(23-18)22-15-3-7-21-8-4-15/h5-6,9-10,12-13,15,21H,1-4,7-8,11H2,(H,22,23,24). The quantitative estimate of drug-likeness (QED) is 0.638. The molecule has 0 bridgehead atoms. The molecule has 5 rings (SSSR count). The highest BCUT2D eigenvalue weighted by Gasteiger charge is 2.25. The number of Topliss-reactive ketones (excluding diaryl/α,β-unsaturated/α-hetero) is 1. The van der Waals surface area contributed by atoms with Crippen LogP contribution in [0.2, 0.25) is 0 Å². The zero-order valence-electron chi connectivity index (χ0n) is 15.1. The van der Waals surface area contributed by atoms with Crippen LogP contribution in [0.15, 0.2) is 29.9 Å². The Morgan fingerprint density at radius 3 is 2.89 bits per heavy atom. The molecule has 1 saturated carbocycles. The van der Waals surface area contributed by atoms with E-state index in [0.717, 1.165) is 47.5 Å². The third kappa shape index (κ3) is 3.61. The monoisotopic (exact) mass is 381 g/mol. The summed E-state index contributed by atoms with van der Waals surface area (Å²) >= 11 is 1.62. The van der Waals surface area contributed by atoms with Gasteiger partial charge in [-0.3, -0.25) is 4.79 Å². The highest BCUT2D eigenvalue weighted by molar-refractivity contribution is 7.16. The highest BCUT2D eigenvalue weighted by Crippen LogP contribution is 2.34. The SMILES string of the molecule is O=C(CC1CC1)c1ccn(-c2nc(NC3CCNCC3)nc3sccc23)c1. The molecule has 0 radical (unpaired) electrons. The third-order valence-corrected chi connectivity index (χ3v) is 6.21. The van der Waals surface area contributed by atoms with Gasteiger partial charge in [0.2, 0.25) is 5.95 Å². The Kier molecular flexibility index (Phi) is 4.41. The van der Waals surface area contributed by atoms with Gasteiger partial charge in [0.05, 0.1) is 5.39 Å². The van der Waals surface area contributed by atoms with Gasteiger partial charge in [0.1, 0.15) is 4.83 Å². The Hall–Kier alpha value is -2.25. The first kappa shape index (κ1) is 16.9. The van der Waals surface area contributed by atoms with Gasteiger partial charge in [-0.1, -0.05) is 0 Å². The van der Waals surface area contributed by atoms with Crippen molar-refractivity contribution in [3.05, 3.63) is 35.5 Å². The van der Waals surface area contributed by atoms with Crippen LogP contribution in [0.25, 0.3) is 16.0 Å². The number of thiophene rings is 1. The van der Waals surface area contributed by atoms with E-state index in [1.165, 1.54) is 12.8 Å². The van der Waals surface area contributed by atoms with E-state index in [1.807, 2.05) is 28.4 Å². The molecule has 4 heterocycles. The van der Waals surface area contributed by atoms with Crippen molar-refractivity contribution in [2.45, 2.75) is 38.1 Å². The van der Waals surface area contributed by atoms with E-state index in [1.54, 1.807) is 11.3 Å². The second-order valence-corrected chi connectivity index (χ2v) is 8.45. The minimum absolute atomic E-state index is 0.236. The van der Waals surface area contributed by atoms with Crippen molar-refractivity contribution < 1.29 is 4.79 Å². The van der Waals surface area contributed by atoms with E-state index < -0.39 is 0 Å². The van der Waals surface area contributed by atoms with Crippen LogP contribution in [-0.4, -0.2) is 39.4 Å². The van der Waals surface area contributed by atoms with Crippen molar-refractivity contribution in [3.63, 3.8) is 0 Å². The fourth-order valence-corrected chi connectivity index (χ4v) is 4.40. The number of rotatable bonds is 6. The molecule has 140 valence electrons. The number of carbonyl (C=O) groups is 1. The molecule has 1 saturated heterocycles. The van der Waals surface area contributed by atoms with Crippen LogP contribution >= 0.6 is 11.3 Å². The first-order chi connectivity index (χ1) is 13.3. The number of hydrogen-bond donors (Lipinski definition) is 2. The number of anilines is 1. The lowest BCUT2D eigenvalue weighted by atomic mass is 10.1. The van der Waals surface area contributed by atoms with Crippen LogP contribution in [0.3, 0.4) is 0 Å². The molecule has 0 unspecified atom stereocenters. The van der Waals surface area contributed by atoms with Gasteiger partial charge in [-0.05, 0) is 62.2 Å². The zero-order valence-corrected chi connectivity index (χ0v) is 16.0. The minimum Gasteiger partial charge on any atom is -0.351 e. The number of fused-ring (bicyclic) bond motifs is 1. The number of nitrogens with one attached hydrogen (secondary N) is 2. The Bertz CT molecular complexity index is 968. The molecule has 6 nitrogen and oxygen atoms in total. The summed E-state index contributed by atoms with van der Waals surface area (Å²) in [5.41, 5.74) is 0.775. The summed E-state index contributed by atoms with van der Waals surface area (Å²) in [6.07, 6.45) is 9.06. The van der Waals surface area contributed by atoms with Crippen LogP contribution in [0, 0.1) is 5.92 Å². The summed E-state index contributed by atoms with van der Waals surface area (Å²) < 4.78 is 1.96. The normalized spacial score (nSPS) is 18.1. The molecule has 0 amide bonds. The predicted octanol–water partition coefficient (Wildman–Crippen LogP) is 3.63. The molecule has 3 aromatic rings. The zero-order chi connectivity index (χ0) is 18.2. The van der Waals surface area contributed by atoms with E-state index in [2.05, 4.69) is 16.7 Å². The molecule has 0 aromatic carbocycles. The molecule has 7 heteroatoms. The van der Waals surface area contributed by atoms with Crippen LogP contribution in [0.5, 0.6) is 0 Å². The van der Waals surface area contributed by atoms with Crippen molar-refractivity contribution in [1.82, 2.24) is 19.9 Å². The third-order valence-electron chi connectivity index (χ3n) is 5.41. The van der Waals surface area contributed by atoms with Crippen molar-refractivity contribution in [1.29, 1.82) is 0 Å². The van der Waals surface area contributed by atoms with Gasteiger partial charge in [-0.25, -0.2) is 4.98 Å². The minimum atomic E-state index is 0.236. The summed E-state index contributed by atoms with van der Waals surface area (Å²) in [7, 11) is 0. The first-order valence-corrected chi connectivity index (χ1v) is 10.6. The van der Waals surface area contributed by atoms with Crippen LogP contribution in [0.4, 0.5) is 5.95 Å². The lowest BCUT2D eigenvalue weighted by Gasteiger charge is -2.23. The van der Waals surface area contributed by atoms with E-state index in [0.29, 0.717) is 24.3 Å². The second-order valence-electron chi connectivity index (χ2n) is 7.56. The van der Waals surface area contributed by atoms with Crippen LogP contribution < -0.4 is 10.6 Å². The van der Waals surface area contributed by atoms with Gasteiger partial charge in [-0.15, -0.1) is 11.3 Å². The average molecular weight is 382 g/mol. The number of hydrogen-bond acceptors (Lipinski definition) is 6. The lowest BCUT2D eigenvalue weighted by molar-refractivity contribution is 0.0976. The van der Waals surface area contributed by atoms with E-state index in [9.17, 15) is 4.79 Å². The summed E-state index contributed by atoms with van der Waals surface area (Å²) in [4.78, 5) is 22.9. The molecule has 0 atom stereocenters. The number of nitrogens with zero attached hydrogens (tertiary/aromatic N) is 3. The molecular formula is C20H23N5OS. The van der Waals surface area contributed by atoms with E-state index in [-0.39, 0.29) is 5.78 Å². The van der Waals surface area contributed by atoms with Gasteiger partial charge in [-0.2, -0.15) is 4.98 Å². The molecule has 2 fully saturated rings. The number of ketones is 1. The van der Waals surface area contributed by atoms with Gasteiger partial charge >= 0.3 is 0 Å². The van der Waals surface area contributed by atoms with Gasteiger partial charge in [0.25, 0.3) is 0 Å². The Balaban J connectivity index is 1.45. The number of carbonyl (C=O) groups excluding carboxylic acids is 1. The lowest BCUT2D eigenvalue weighted by Crippen LogP contribution is -2.35. The number of piperidine rings is 1. The number of aromatic nitrogens is 3. The fraction of sp³-hybridized carbons (Fsp3) is 0.450. The Morgan fingerprint density at radius 1 is 1.22 bits per heavy atom. The van der Waals surface area contributed by atoms with Crippen molar-refractivity contribution in [2.24, 2.45) is 5.92 Å². The van der Waals surface area contributed by atoms with Crippen LogP contribution in [0.1, 0.15) is 42.5 Å². The van der Waals surface area contributed by atoms with Crippen molar-refractivity contribution in [2.75, 3.05) is 18.4 Å².